The molecule has 0 amide bonds. The number of carboxylic acids is 1. The molecule has 1 heterocycles. The second-order valence-electron chi connectivity index (χ2n) is 6.36. The summed E-state index contributed by atoms with van der Waals surface area (Å²) in [6.07, 6.45) is 0. The topological polar surface area (TPSA) is 93.1 Å². The van der Waals surface area contributed by atoms with Crippen molar-refractivity contribution >= 4 is 27.8 Å². The Labute approximate surface area is 164 Å². The molecule has 2 rings (SSSR count). The van der Waals surface area contributed by atoms with E-state index in [9.17, 15) is 18.3 Å². The maximum absolute atomic E-state index is 13.0. The number of methoxy groups -OCH3 is 1. The second kappa shape index (κ2) is 8.97. The van der Waals surface area contributed by atoms with Crippen LogP contribution in [0.25, 0.3) is 0 Å². The van der Waals surface area contributed by atoms with Crippen LogP contribution in [-0.2, 0) is 19.6 Å². The molecule has 1 saturated heterocycles. The van der Waals surface area contributed by atoms with E-state index in [1.54, 1.807) is 21.0 Å². The number of benzene rings is 1. The Morgan fingerprint density at radius 2 is 1.93 bits per heavy atom. The zero-order valence-electron chi connectivity index (χ0n) is 15.5. The zero-order valence-corrected chi connectivity index (χ0v) is 17.1. The molecule has 27 heavy (non-hydrogen) atoms. The molecule has 0 radical (unpaired) electrons. The number of hydrogen-bond donors (Lipinski definition) is 1. The van der Waals surface area contributed by atoms with E-state index < -0.39 is 26.8 Å². The number of aliphatic carboxylic acids is 1. The summed E-state index contributed by atoms with van der Waals surface area (Å²) in [5.41, 5.74) is 0. The average Bonchev–Trinajstić information content (AvgIpc) is 2.60. The molecule has 7 nitrogen and oxygen atoms in total. The fourth-order valence-electron chi connectivity index (χ4n) is 2.77. The number of nitrogens with zero attached hydrogens (tertiary/aromatic N) is 1. The Morgan fingerprint density at radius 1 is 1.30 bits per heavy atom. The van der Waals surface area contributed by atoms with Gasteiger partial charge in [0.15, 0.2) is 0 Å². The van der Waals surface area contributed by atoms with Gasteiger partial charge in [-0.25, -0.2) is 8.42 Å². The predicted octanol–water partition coefficient (Wildman–Crippen LogP) is 1.68. The third-order valence-corrected chi connectivity index (χ3v) is 7.28. The lowest BCUT2D eigenvalue weighted by molar-refractivity contribution is -0.142. The number of carbonyl (C=O) groups is 1. The van der Waals surface area contributed by atoms with Gasteiger partial charge in [0.25, 0.3) is 0 Å². The van der Waals surface area contributed by atoms with E-state index in [0.29, 0.717) is 18.1 Å². The maximum atomic E-state index is 13.0. The molecule has 0 saturated carbocycles. The number of carboxylic acid groups (broad SMARTS) is 1. The van der Waals surface area contributed by atoms with Gasteiger partial charge in [-0.2, -0.15) is 16.1 Å². The summed E-state index contributed by atoms with van der Waals surface area (Å²) in [7, 11) is -2.39. The first-order valence-corrected chi connectivity index (χ1v) is 10.7. The normalized spacial score (nSPS) is 19.7. The van der Waals surface area contributed by atoms with Crippen LogP contribution in [0.1, 0.15) is 13.8 Å². The van der Waals surface area contributed by atoms with Gasteiger partial charge in [-0.05, 0) is 38.1 Å². The number of rotatable bonds is 6. The van der Waals surface area contributed by atoms with Crippen molar-refractivity contribution in [3.63, 3.8) is 0 Å². The number of sulfonamides is 1. The molecular formula is C18H23NO6S2. The molecule has 1 aliphatic heterocycles. The van der Waals surface area contributed by atoms with Crippen molar-refractivity contribution in [2.45, 2.75) is 29.5 Å². The van der Waals surface area contributed by atoms with E-state index in [2.05, 4.69) is 11.8 Å². The van der Waals surface area contributed by atoms with Crippen molar-refractivity contribution in [1.82, 2.24) is 4.31 Å². The van der Waals surface area contributed by atoms with Crippen molar-refractivity contribution in [2.24, 2.45) is 0 Å². The van der Waals surface area contributed by atoms with Gasteiger partial charge < -0.3 is 14.6 Å². The third-order valence-electron chi connectivity index (χ3n) is 4.05. The SMILES string of the molecule is COCC#CCOc1ccc(S(=O)(=O)N2CCSC(C)(C)C2C(=O)O)cc1. The minimum atomic E-state index is -3.94. The molecule has 1 unspecified atom stereocenters. The van der Waals surface area contributed by atoms with Gasteiger partial charge in [-0.3, -0.25) is 4.79 Å². The molecule has 9 heteroatoms. The molecule has 148 valence electrons. The van der Waals surface area contributed by atoms with Crippen molar-refractivity contribution in [3.8, 4) is 17.6 Å². The Hall–Kier alpha value is -1.73. The van der Waals surface area contributed by atoms with Crippen molar-refractivity contribution in [3.05, 3.63) is 24.3 Å². The molecule has 1 atom stereocenters. The summed E-state index contributed by atoms with van der Waals surface area (Å²) in [6.45, 7) is 4.13. The first-order valence-electron chi connectivity index (χ1n) is 8.26. The highest BCUT2D eigenvalue weighted by Gasteiger charge is 2.48. The quantitative estimate of drug-likeness (QED) is 0.709. The van der Waals surface area contributed by atoms with E-state index >= 15 is 0 Å². The summed E-state index contributed by atoms with van der Waals surface area (Å²) in [5.74, 6) is 5.39. The molecule has 0 aromatic heterocycles. The lowest BCUT2D eigenvalue weighted by Gasteiger charge is -2.42. The maximum Gasteiger partial charge on any atom is 0.323 e. The van der Waals surface area contributed by atoms with Gasteiger partial charge >= 0.3 is 5.97 Å². The molecule has 1 fully saturated rings. The average molecular weight is 414 g/mol. The van der Waals surface area contributed by atoms with Gasteiger partial charge in [0.05, 0.1) is 4.90 Å². The molecule has 0 spiro atoms. The Kier molecular flexibility index (Phi) is 7.17. The summed E-state index contributed by atoms with van der Waals surface area (Å²) < 4.78 is 36.6. The highest BCUT2D eigenvalue weighted by molar-refractivity contribution is 8.00. The largest absolute Gasteiger partial charge is 0.481 e. The van der Waals surface area contributed by atoms with Crippen molar-refractivity contribution in [1.29, 1.82) is 0 Å². The van der Waals surface area contributed by atoms with E-state index in [1.807, 2.05) is 0 Å². The Morgan fingerprint density at radius 3 is 2.52 bits per heavy atom. The minimum Gasteiger partial charge on any atom is -0.481 e. The number of hydrogen-bond acceptors (Lipinski definition) is 6. The van der Waals surface area contributed by atoms with Gasteiger partial charge in [-0.15, -0.1) is 0 Å². The number of ether oxygens (including phenoxy) is 2. The summed E-state index contributed by atoms with van der Waals surface area (Å²) in [4.78, 5) is 11.8. The van der Waals surface area contributed by atoms with Crippen molar-refractivity contribution < 1.29 is 27.8 Å². The van der Waals surface area contributed by atoms with Crippen molar-refractivity contribution in [2.75, 3.05) is 32.6 Å². The molecule has 0 aliphatic carbocycles. The molecule has 0 bridgehead atoms. The molecule has 1 aliphatic rings. The van der Waals surface area contributed by atoms with Crippen LogP contribution in [0.15, 0.2) is 29.2 Å². The van der Waals surface area contributed by atoms with Gasteiger partial charge in [0.1, 0.15) is 25.0 Å². The lowest BCUT2D eigenvalue weighted by Crippen LogP contribution is -2.58. The monoisotopic (exact) mass is 413 g/mol. The highest BCUT2D eigenvalue weighted by atomic mass is 32.2. The Bertz CT molecular complexity index is 824. The number of thioether (sulfide) groups is 1. The summed E-state index contributed by atoms with van der Waals surface area (Å²) in [6, 6.07) is 4.77. The second-order valence-corrected chi connectivity index (χ2v) is 9.99. The fraction of sp³-hybridized carbons (Fsp3) is 0.500. The molecular weight excluding hydrogens is 390 g/mol. The molecule has 1 N–H and O–H groups in total. The summed E-state index contributed by atoms with van der Waals surface area (Å²) >= 11 is 1.46. The van der Waals surface area contributed by atoms with Crippen LogP contribution in [-0.4, -0.2) is 67.2 Å². The van der Waals surface area contributed by atoms with Crippen LogP contribution >= 0.6 is 11.8 Å². The van der Waals surface area contributed by atoms with Crippen LogP contribution in [0.3, 0.4) is 0 Å². The first kappa shape index (κ1) is 21.6. The van der Waals surface area contributed by atoms with E-state index in [1.165, 1.54) is 36.0 Å². The molecule has 1 aromatic rings. The minimum absolute atomic E-state index is 0.0364. The Balaban J connectivity index is 2.18. The van der Waals surface area contributed by atoms with Crippen LogP contribution in [0, 0.1) is 11.8 Å². The smallest absolute Gasteiger partial charge is 0.323 e. The van der Waals surface area contributed by atoms with Gasteiger partial charge in [0, 0.05) is 24.2 Å². The highest BCUT2D eigenvalue weighted by Crippen LogP contribution is 2.38. The van der Waals surface area contributed by atoms with Gasteiger partial charge in [-0.1, -0.05) is 11.8 Å². The van der Waals surface area contributed by atoms with E-state index in [4.69, 9.17) is 9.47 Å². The van der Waals surface area contributed by atoms with Crippen LogP contribution in [0.4, 0.5) is 0 Å². The molecule has 1 aromatic carbocycles. The van der Waals surface area contributed by atoms with E-state index in [-0.39, 0.29) is 18.0 Å². The van der Waals surface area contributed by atoms with Crippen LogP contribution in [0.5, 0.6) is 5.75 Å². The van der Waals surface area contributed by atoms with Crippen LogP contribution in [0.2, 0.25) is 0 Å². The summed E-state index contributed by atoms with van der Waals surface area (Å²) in [5, 5.41) is 9.60. The van der Waals surface area contributed by atoms with E-state index in [0.717, 1.165) is 4.31 Å². The third kappa shape index (κ3) is 5.17. The first-order chi connectivity index (χ1) is 12.7. The van der Waals surface area contributed by atoms with Gasteiger partial charge in [0.2, 0.25) is 10.0 Å². The lowest BCUT2D eigenvalue weighted by atomic mass is 10.0. The van der Waals surface area contributed by atoms with Crippen LogP contribution < -0.4 is 4.74 Å². The standard InChI is InChI=1S/C18H23NO6S2/c1-18(2)16(17(20)21)19(10-13-26-18)27(22,23)15-8-6-14(7-9-15)25-12-5-4-11-24-3/h6-9,16H,10-13H2,1-3H3,(H,20,21). The fourth-order valence-corrected chi connectivity index (χ4v) is 5.87. The predicted molar refractivity (Wildman–Crippen MR) is 103 cm³/mol. The zero-order chi connectivity index (χ0) is 20.1.